The Bertz CT molecular complexity index is 445. The number of hydrogen-bond donors (Lipinski definition) is 3. The zero-order valence-corrected chi connectivity index (χ0v) is 9.30. The molecule has 15 heavy (non-hydrogen) atoms. The average molecular weight is 273 g/mol. The minimum Gasteiger partial charge on any atom is -0.378 e. The summed E-state index contributed by atoms with van der Waals surface area (Å²) in [6.45, 7) is 0.568. The van der Waals surface area contributed by atoms with Gasteiger partial charge >= 0.3 is 0 Å². The van der Waals surface area contributed by atoms with Gasteiger partial charge in [0.25, 0.3) is 5.56 Å². The first-order valence-corrected chi connectivity index (χ1v) is 5.22. The maximum absolute atomic E-state index is 11.2. The molecule has 1 aromatic rings. The van der Waals surface area contributed by atoms with E-state index in [0.717, 1.165) is 0 Å². The van der Waals surface area contributed by atoms with Gasteiger partial charge in [-0.05, 0) is 15.9 Å². The highest BCUT2D eigenvalue weighted by atomic mass is 79.9. The molecular weight excluding hydrogens is 264 g/mol. The fourth-order valence-corrected chi connectivity index (χ4v) is 1.72. The lowest BCUT2D eigenvalue weighted by Gasteiger charge is -2.11. The van der Waals surface area contributed by atoms with Crippen LogP contribution in [0.25, 0.3) is 0 Å². The van der Waals surface area contributed by atoms with Gasteiger partial charge in [0, 0.05) is 13.0 Å². The van der Waals surface area contributed by atoms with Crippen molar-refractivity contribution >= 4 is 27.5 Å². The summed E-state index contributed by atoms with van der Waals surface area (Å²) in [4.78, 5) is 22.1. The molecule has 0 spiro atoms. The SMILES string of the molecule is O=C1CC(Nc2cn[nH]c(=O)c2Br)CN1. The lowest BCUT2D eigenvalue weighted by Crippen LogP contribution is -2.24. The Morgan fingerprint density at radius 2 is 2.33 bits per heavy atom. The predicted molar refractivity (Wildman–Crippen MR) is 57.6 cm³/mol. The van der Waals surface area contributed by atoms with Crippen LogP contribution in [0, 0.1) is 0 Å². The van der Waals surface area contributed by atoms with Crippen LogP contribution in [-0.2, 0) is 4.79 Å². The van der Waals surface area contributed by atoms with Crippen LogP contribution >= 0.6 is 15.9 Å². The highest BCUT2D eigenvalue weighted by Crippen LogP contribution is 2.18. The van der Waals surface area contributed by atoms with Crippen LogP contribution in [0.3, 0.4) is 0 Å². The van der Waals surface area contributed by atoms with Crippen molar-refractivity contribution in [3.05, 3.63) is 21.0 Å². The van der Waals surface area contributed by atoms with Gasteiger partial charge in [0.1, 0.15) is 4.47 Å². The Kier molecular flexibility index (Phi) is 2.72. The Hall–Kier alpha value is -1.37. The van der Waals surface area contributed by atoms with Gasteiger partial charge in [-0.3, -0.25) is 9.59 Å². The summed E-state index contributed by atoms with van der Waals surface area (Å²) in [7, 11) is 0. The second-order valence-electron chi connectivity index (χ2n) is 3.28. The van der Waals surface area contributed by atoms with Gasteiger partial charge in [-0.1, -0.05) is 0 Å². The normalized spacial score (nSPS) is 20.1. The molecule has 1 saturated heterocycles. The molecule has 1 aliphatic heterocycles. The summed E-state index contributed by atoms with van der Waals surface area (Å²) in [5.74, 6) is 0.0152. The second kappa shape index (κ2) is 4.01. The molecular formula is C8H9BrN4O2. The monoisotopic (exact) mass is 272 g/mol. The highest BCUT2D eigenvalue weighted by molar-refractivity contribution is 9.10. The zero-order valence-electron chi connectivity index (χ0n) is 7.71. The van der Waals surface area contributed by atoms with Crippen molar-refractivity contribution in [1.82, 2.24) is 15.5 Å². The molecule has 1 amide bonds. The van der Waals surface area contributed by atoms with E-state index in [1.165, 1.54) is 6.20 Å². The third-order valence-electron chi connectivity index (χ3n) is 2.13. The number of amides is 1. The standard InChI is InChI=1S/C8H9BrN4O2/c9-7-5(3-11-13-8(7)15)12-4-1-6(14)10-2-4/h3-4H,1-2H2,(H,10,14)(H2,12,13,15). The molecule has 80 valence electrons. The van der Waals surface area contributed by atoms with Crippen molar-refractivity contribution in [1.29, 1.82) is 0 Å². The molecule has 2 rings (SSSR count). The third-order valence-corrected chi connectivity index (χ3v) is 2.92. The number of carbonyl (C=O) groups is 1. The second-order valence-corrected chi connectivity index (χ2v) is 4.07. The molecule has 1 atom stereocenters. The van der Waals surface area contributed by atoms with E-state index >= 15 is 0 Å². The van der Waals surface area contributed by atoms with Gasteiger partial charge in [0.2, 0.25) is 5.91 Å². The maximum atomic E-state index is 11.2. The van der Waals surface area contributed by atoms with E-state index in [9.17, 15) is 9.59 Å². The zero-order chi connectivity index (χ0) is 10.8. The predicted octanol–water partition coefficient (Wildman–Crippen LogP) is -0.167. The number of halogens is 1. The van der Waals surface area contributed by atoms with Crippen LogP contribution in [0.2, 0.25) is 0 Å². The highest BCUT2D eigenvalue weighted by Gasteiger charge is 2.21. The van der Waals surface area contributed by atoms with Crippen LogP contribution in [0.4, 0.5) is 5.69 Å². The smallest absolute Gasteiger partial charge is 0.280 e. The quantitative estimate of drug-likeness (QED) is 0.698. The largest absolute Gasteiger partial charge is 0.378 e. The molecule has 1 fully saturated rings. The van der Waals surface area contributed by atoms with Crippen molar-refractivity contribution in [3.63, 3.8) is 0 Å². The first-order chi connectivity index (χ1) is 7.16. The van der Waals surface area contributed by atoms with Crippen molar-refractivity contribution in [2.75, 3.05) is 11.9 Å². The minimum atomic E-state index is -0.294. The Balaban J connectivity index is 2.14. The van der Waals surface area contributed by atoms with Gasteiger partial charge in [-0.25, -0.2) is 5.10 Å². The van der Waals surface area contributed by atoms with Gasteiger partial charge < -0.3 is 10.6 Å². The van der Waals surface area contributed by atoms with E-state index in [1.54, 1.807) is 0 Å². The number of H-pyrrole nitrogens is 1. The van der Waals surface area contributed by atoms with E-state index in [4.69, 9.17) is 0 Å². The first kappa shape index (κ1) is 10.2. The average Bonchev–Trinajstić information content (AvgIpc) is 2.59. The summed E-state index contributed by atoms with van der Waals surface area (Å²) < 4.78 is 0.400. The molecule has 1 unspecified atom stereocenters. The van der Waals surface area contributed by atoms with Gasteiger partial charge in [0.15, 0.2) is 0 Å². The van der Waals surface area contributed by atoms with Crippen molar-refractivity contribution in [2.24, 2.45) is 0 Å². The van der Waals surface area contributed by atoms with Crippen LogP contribution in [-0.4, -0.2) is 28.7 Å². The Labute approximate surface area is 93.6 Å². The third kappa shape index (κ3) is 2.17. The van der Waals surface area contributed by atoms with E-state index in [1.807, 2.05) is 0 Å². The molecule has 3 N–H and O–H groups in total. The molecule has 0 bridgehead atoms. The van der Waals surface area contributed by atoms with Crippen LogP contribution in [0.15, 0.2) is 15.5 Å². The number of aromatic nitrogens is 2. The van der Waals surface area contributed by atoms with Crippen molar-refractivity contribution < 1.29 is 4.79 Å². The summed E-state index contributed by atoms with van der Waals surface area (Å²) in [5.41, 5.74) is 0.303. The number of nitrogens with zero attached hydrogens (tertiary/aromatic N) is 1. The fourth-order valence-electron chi connectivity index (χ4n) is 1.41. The fraction of sp³-hybridized carbons (Fsp3) is 0.375. The molecule has 0 saturated carbocycles. The molecule has 7 heteroatoms. The lowest BCUT2D eigenvalue weighted by molar-refractivity contribution is -0.119. The minimum absolute atomic E-state index is 0.0115. The van der Waals surface area contributed by atoms with E-state index in [-0.39, 0.29) is 17.5 Å². The summed E-state index contributed by atoms with van der Waals surface area (Å²) in [6.07, 6.45) is 1.92. The van der Waals surface area contributed by atoms with Crippen molar-refractivity contribution in [2.45, 2.75) is 12.5 Å². The number of aromatic amines is 1. The first-order valence-electron chi connectivity index (χ1n) is 4.43. The Morgan fingerprint density at radius 3 is 3.00 bits per heavy atom. The lowest BCUT2D eigenvalue weighted by atomic mass is 10.2. The Morgan fingerprint density at radius 1 is 1.53 bits per heavy atom. The van der Waals surface area contributed by atoms with Crippen LogP contribution in [0.5, 0.6) is 0 Å². The molecule has 0 aromatic carbocycles. The molecule has 1 aliphatic rings. The van der Waals surface area contributed by atoms with Gasteiger partial charge in [0.05, 0.1) is 17.9 Å². The molecule has 0 aliphatic carbocycles. The van der Waals surface area contributed by atoms with E-state index < -0.39 is 0 Å². The molecule has 2 heterocycles. The molecule has 0 radical (unpaired) electrons. The van der Waals surface area contributed by atoms with Gasteiger partial charge in [-0.15, -0.1) is 0 Å². The maximum Gasteiger partial charge on any atom is 0.280 e. The molecule has 1 aromatic heterocycles. The van der Waals surface area contributed by atoms with E-state index in [0.29, 0.717) is 23.1 Å². The molecule has 6 nitrogen and oxygen atoms in total. The van der Waals surface area contributed by atoms with Gasteiger partial charge in [-0.2, -0.15) is 5.10 Å². The summed E-state index contributed by atoms with van der Waals surface area (Å²) in [6, 6.07) is 0.0115. The summed E-state index contributed by atoms with van der Waals surface area (Å²) in [5, 5.41) is 11.7. The number of anilines is 1. The summed E-state index contributed by atoms with van der Waals surface area (Å²) >= 11 is 3.15. The number of carbonyl (C=O) groups excluding carboxylic acids is 1. The van der Waals surface area contributed by atoms with Crippen LogP contribution in [0.1, 0.15) is 6.42 Å². The van der Waals surface area contributed by atoms with Crippen LogP contribution < -0.4 is 16.2 Å². The number of hydrogen-bond acceptors (Lipinski definition) is 4. The number of rotatable bonds is 2. The topological polar surface area (TPSA) is 86.9 Å². The van der Waals surface area contributed by atoms with Crippen molar-refractivity contribution in [3.8, 4) is 0 Å². The number of nitrogens with one attached hydrogen (secondary N) is 3. The van der Waals surface area contributed by atoms with E-state index in [2.05, 4.69) is 36.8 Å².